The van der Waals surface area contributed by atoms with E-state index in [1.165, 1.54) is 4.90 Å². The van der Waals surface area contributed by atoms with Gasteiger partial charge < -0.3 is 15.0 Å². The van der Waals surface area contributed by atoms with Crippen LogP contribution in [-0.4, -0.2) is 77.6 Å². The number of para-hydroxylation sites is 1. The van der Waals surface area contributed by atoms with E-state index < -0.39 is 0 Å². The van der Waals surface area contributed by atoms with E-state index in [-0.39, 0.29) is 18.4 Å². The van der Waals surface area contributed by atoms with Crippen molar-refractivity contribution in [1.29, 1.82) is 0 Å². The average molecular weight is 501 g/mol. The summed E-state index contributed by atoms with van der Waals surface area (Å²) in [7, 11) is 5.01. The Labute approximate surface area is 216 Å². The quantitative estimate of drug-likeness (QED) is 0.356. The molecule has 4 aromatic rings. The number of amides is 2. The van der Waals surface area contributed by atoms with Crippen molar-refractivity contribution in [3.63, 3.8) is 0 Å². The number of nitrogens with zero attached hydrogens (tertiary/aromatic N) is 4. The molecule has 0 radical (unpaired) electrons. The molecule has 0 fully saturated rings. The molecule has 9 heteroatoms. The SMILES string of the molecule is CCN(CC)CC(=O)Nc1ccc(-c2cnc3[nH]nc(-c4ccccc4OC)c3c2)cc1C(=O)N(C)C. The summed E-state index contributed by atoms with van der Waals surface area (Å²) in [5, 5.41) is 11.2. The van der Waals surface area contributed by atoms with Gasteiger partial charge in [-0.3, -0.25) is 19.6 Å². The Morgan fingerprint density at radius 2 is 1.78 bits per heavy atom. The molecule has 0 unspecified atom stereocenters. The average Bonchev–Trinajstić information content (AvgIpc) is 3.34. The Morgan fingerprint density at radius 1 is 1.03 bits per heavy atom. The van der Waals surface area contributed by atoms with Crippen molar-refractivity contribution in [3.8, 4) is 28.1 Å². The summed E-state index contributed by atoms with van der Waals surface area (Å²) in [5.74, 6) is 0.351. The molecular formula is C28H32N6O3. The summed E-state index contributed by atoms with van der Waals surface area (Å²) in [5.41, 5.74) is 4.73. The van der Waals surface area contributed by atoms with Gasteiger partial charge >= 0.3 is 0 Å². The summed E-state index contributed by atoms with van der Waals surface area (Å²) in [6.45, 7) is 5.82. The fourth-order valence-corrected chi connectivity index (χ4v) is 4.20. The predicted molar refractivity (Wildman–Crippen MR) is 146 cm³/mol. The first-order valence-corrected chi connectivity index (χ1v) is 12.2. The van der Waals surface area contributed by atoms with Crippen LogP contribution in [0.1, 0.15) is 24.2 Å². The summed E-state index contributed by atoms with van der Waals surface area (Å²) in [6.07, 6.45) is 1.74. The van der Waals surface area contributed by atoms with Crippen LogP contribution in [-0.2, 0) is 4.79 Å². The lowest BCUT2D eigenvalue weighted by molar-refractivity contribution is -0.117. The van der Waals surface area contributed by atoms with Gasteiger partial charge in [-0.05, 0) is 49.0 Å². The van der Waals surface area contributed by atoms with Crippen LogP contribution in [0.25, 0.3) is 33.4 Å². The highest BCUT2D eigenvalue weighted by Crippen LogP contribution is 2.35. The topological polar surface area (TPSA) is 103 Å². The summed E-state index contributed by atoms with van der Waals surface area (Å²) >= 11 is 0. The van der Waals surface area contributed by atoms with Gasteiger partial charge in [-0.2, -0.15) is 5.10 Å². The highest BCUT2D eigenvalue weighted by molar-refractivity contribution is 6.05. The maximum absolute atomic E-state index is 13.1. The first-order chi connectivity index (χ1) is 17.9. The van der Waals surface area contributed by atoms with Crippen LogP contribution in [0.4, 0.5) is 5.69 Å². The Bertz CT molecular complexity index is 1420. The number of hydrogen-bond donors (Lipinski definition) is 2. The molecule has 0 aliphatic rings. The highest BCUT2D eigenvalue weighted by atomic mass is 16.5. The van der Waals surface area contributed by atoms with Gasteiger partial charge in [-0.25, -0.2) is 4.98 Å². The lowest BCUT2D eigenvalue weighted by atomic mass is 10.0. The summed E-state index contributed by atoms with van der Waals surface area (Å²) in [4.78, 5) is 33.8. The molecule has 2 amide bonds. The summed E-state index contributed by atoms with van der Waals surface area (Å²) in [6, 6.07) is 15.1. The first-order valence-electron chi connectivity index (χ1n) is 12.2. The van der Waals surface area contributed by atoms with E-state index in [0.29, 0.717) is 22.6 Å². The fourth-order valence-electron chi connectivity index (χ4n) is 4.20. The van der Waals surface area contributed by atoms with Gasteiger partial charge in [0, 0.05) is 36.8 Å². The van der Waals surface area contributed by atoms with Gasteiger partial charge in [0.1, 0.15) is 11.4 Å². The van der Waals surface area contributed by atoms with Crippen LogP contribution in [0.15, 0.2) is 54.7 Å². The minimum atomic E-state index is -0.202. The number of anilines is 1. The number of carbonyl (C=O) groups excluding carboxylic acids is 2. The third-order valence-corrected chi connectivity index (χ3v) is 6.30. The van der Waals surface area contributed by atoms with Crippen molar-refractivity contribution in [1.82, 2.24) is 25.0 Å². The van der Waals surface area contributed by atoms with Gasteiger partial charge in [0.25, 0.3) is 5.91 Å². The number of H-pyrrole nitrogens is 1. The van der Waals surface area contributed by atoms with E-state index in [4.69, 9.17) is 4.74 Å². The number of aromatic amines is 1. The maximum Gasteiger partial charge on any atom is 0.255 e. The normalized spacial score (nSPS) is 11.1. The minimum Gasteiger partial charge on any atom is -0.496 e. The predicted octanol–water partition coefficient (Wildman–Crippen LogP) is 4.28. The number of pyridine rings is 1. The van der Waals surface area contributed by atoms with Crippen molar-refractivity contribution >= 4 is 28.5 Å². The second kappa shape index (κ2) is 11.2. The van der Waals surface area contributed by atoms with Gasteiger partial charge in [0.05, 0.1) is 24.9 Å². The molecule has 9 nitrogen and oxygen atoms in total. The van der Waals surface area contributed by atoms with Crippen LogP contribution in [0.3, 0.4) is 0 Å². The zero-order chi connectivity index (χ0) is 26.5. The Balaban J connectivity index is 1.74. The standard InChI is InChI=1S/C28H32N6O3/c1-6-34(7-2)17-25(35)30-23-13-12-18(14-21(23)28(36)33(3)4)19-15-22-26(31-32-27(22)29-16-19)20-10-8-9-11-24(20)37-5/h8-16H,6-7,17H2,1-5H3,(H,30,35)(H,29,31,32). The number of benzene rings is 2. The monoisotopic (exact) mass is 500 g/mol. The van der Waals surface area contributed by atoms with Crippen LogP contribution in [0, 0.1) is 0 Å². The number of rotatable bonds is 9. The fraction of sp³-hybridized carbons (Fsp3) is 0.286. The molecule has 0 spiro atoms. The largest absolute Gasteiger partial charge is 0.496 e. The zero-order valence-corrected chi connectivity index (χ0v) is 21.8. The van der Waals surface area contributed by atoms with Gasteiger partial charge in [0.15, 0.2) is 5.65 Å². The number of likely N-dealkylation sites (N-methyl/N-ethyl adjacent to an activating group) is 1. The maximum atomic E-state index is 13.1. The lowest BCUT2D eigenvalue weighted by Gasteiger charge is -2.19. The molecule has 4 rings (SSSR count). The third kappa shape index (κ3) is 5.46. The Morgan fingerprint density at radius 3 is 2.49 bits per heavy atom. The van der Waals surface area contributed by atoms with Gasteiger partial charge in [-0.1, -0.05) is 32.0 Å². The van der Waals surface area contributed by atoms with E-state index in [2.05, 4.69) is 20.5 Å². The molecule has 0 atom stereocenters. The first kappa shape index (κ1) is 25.8. The molecule has 37 heavy (non-hydrogen) atoms. The molecule has 2 heterocycles. The molecule has 0 aliphatic heterocycles. The number of aromatic nitrogens is 3. The molecule has 0 aliphatic carbocycles. The van der Waals surface area contributed by atoms with Crippen LogP contribution >= 0.6 is 0 Å². The second-order valence-corrected chi connectivity index (χ2v) is 8.86. The number of carbonyl (C=O) groups is 2. The van der Waals surface area contributed by atoms with Gasteiger partial charge in [-0.15, -0.1) is 0 Å². The third-order valence-electron chi connectivity index (χ3n) is 6.30. The molecule has 2 aromatic heterocycles. The number of nitrogens with one attached hydrogen (secondary N) is 2. The van der Waals surface area contributed by atoms with E-state index in [9.17, 15) is 9.59 Å². The van der Waals surface area contributed by atoms with Crippen LogP contribution in [0.5, 0.6) is 5.75 Å². The van der Waals surface area contributed by atoms with E-state index >= 15 is 0 Å². The molecule has 0 saturated heterocycles. The smallest absolute Gasteiger partial charge is 0.255 e. The highest BCUT2D eigenvalue weighted by Gasteiger charge is 2.19. The van der Waals surface area contributed by atoms with Crippen molar-refractivity contribution in [2.45, 2.75) is 13.8 Å². The summed E-state index contributed by atoms with van der Waals surface area (Å²) < 4.78 is 5.53. The Hall–Kier alpha value is -4.24. The molecule has 192 valence electrons. The number of methoxy groups -OCH3 is 1. The van der Waals surface area contributed by atoms with E-state index in [0.717, 1.165) is 40.9 Å². The van der Waals surface area contributed by atoms with Crippen molar-refractivity contribution < 1.29 is 14.3 Å². The van der Waals surface area contributed by atoms with Crippen molar-refractivity contribution in [3.05, 3.63) is 60.3 Å². The lowest BCUT2D eigenvalue weighted by Crippen LogP contribution is -2.33. The second-order valence-electron chi connectivity index (χ2n) is 8.86. The number of hydrogen-bond acceptors (Lipinski definition) is 6. The minimum absolute atomic E-state index is 0.160. The molecule has 2 N–H and O–H groups in total. The molecule has 0 saturated carbocycles. The molecule has 2 aromatic carbocycles. The number of ether oxygens (including phenoxy) is 1. The van der Waals surface area contributed by atoms with Gasteiger partial charge in [0.2, 0.25) is 5.91 Å². The van der Waals surface area contributed by atoms with E-state index in [1.54, 1.807) is 39.5 Å². The zero-order valence-electron chi connectivity index (χ0n) is 21.8. The number of fused-ring (bicyclic) bond motifs is 1. The Kier molecular flexibility index (Phi) is 7.83. The van der Waals surface area contributed by atoms with Crippen LogP contribution in [0.2, 0.25) is 0 Å². The molecular weight excluding hydrogens is 468 g/mol. The van der Waals surface area contributed by atoms with Crippen molar-refractivity contribution in [2.75, 3.05) is 46.2 Å². The van der Waals surface area contributed by atoms with E-state index in [1.807, 2.05) is 55.1 Å². The van der Waals surface area contributed by atoms with Crippen molar-refractivity contribution in [2.24, 2.45) is 0 Å². The molecule has 0 bridgehead atoms. The van der Waals surface area contributed by atoms with Crippen LogP contribution < -0.4 is 10.1 Å².